The summed E-state index contributed by atoms with van der Waals surface area (Å²) in [6.07, 6.45) is 0. The van der Waals surface area contributed by atoms with Gasteiger partial charge < -0.3 is 5.32 Å². The SMILES string of the molecule is CN1Cc2ccc(NC(=O)c3cccc(F)c3)cc2C1. The van der Waals surface area contributed by atoms with Crippen LogP contribution in [0.1, 0.15) is 21.5 Å². The number of hydrogen-bond donors (Lipinski definition) is 1. The largest absolute Gasteiger partial charge is 0.322 e. The van der Waals surface area contributed by atoms with Crippen molar-refractivity contribution in [2.24, 2.45) is 0 Å². The monoisotopic (exact) mass is 270 g/mol. The Kier molecular flexibility index (Phi) is 3.24. The van der Waals surface area contributed by atoms with Crippen LogP contribution in [0, 0.1) is 5.82 Å². The van der Waals surface area contributed by atoms with Crippen LogP contribution in [0.3, 0.4) is 0 Å². The quantitative estimate of drug-likeness (QED) is 0.909. The van der Waals surface area contributed by atoms with Crippen molar-refractivity contribution >= 4 is 11.6 Å². The van der Waals surface area contributed by atoms with E-state index in [9.17, 15) is 9.18 Å². The first kappa shape index (κ1) is 12.8. The number of amides is 1. The fraction of sp³-hybridized carbons (Fsp3) is 0.188. The summed E-state index contributed by atoms with van der Waals surface area (Å²) in [4.78, 5) is 14.3. The number of benzene rings is 2. The molecular formula is C16H15FN2O. The molecule has 0 saturated carbocycles. The van der Waals surface area contributed by atoms with E-state index in [-0.39, 0.29) is 5.91 Å². The second kappa shape index (κ2) is 5.06. The normalized spacial score (nSPS) is 14.1. The Morgan fingerprint density at radius 2 is 1.95 bits per heavy atom. The molecule has 0 saturated heterocycles. The molecule has 3 nitrogen and oxygen atoms in total. The lowest BCUT2D eigenvalue weighted by Gasteiger charge is -2.07. The lowest BCUT2D eigenvalue weighted by atomic mass is 10.1. The molecule has 102 valence electrons. The number of carbonyl (C=O) groups is 1. The minimum atomic E-state index is -0.409. The van der Waals surface area contributed by atoms with Gasteiger partial charge in [0.1, 0.15) is 5.82 Å². The van der Waals surface area contributed by atoms with Gasteiger partial charge in [0.15, 0.2) is 0 Å². The third-order valence-electron chi connectivity index (χ3n) is 3.43. The first-order valence-electron chi connectivity index (χ1n) is 6.49. The van der Waals surface area contributed by atoms with Gasteiger partial charge in [0, 0.05) is 24.3 Å². The zero-order valence-corrected chi connectivity index (χ0v) is 11.2. The standard InChI is InChI=1S/C16H15FN2O/c1-19-9-12-5-6-15(8-13(12)10-19)18-16(20)11-3-2-4-14(17)7-11/h2-8H,9-10H2,1H3,(H,18,20). The third-order valence-corrected chi connectivity index (χ3v) is 3.43. The molecule has 0 fully saturated rings. The van der Waals surface area contributed by atoms with Crippen LogP contribution in [0.25, 0.3) is 0 Å². The molecule has 1 heterocycles. The minimum Gasteiger partial charge on any atom is -0.322 e. The summed E-state index contributed by atoms with van der Waals surface area (Å²) in [7, 11) is 2.06. The molecule has 0 bridgehead atoms. The van der Waals surface area contributed by atoms with E-state index in [1.54, 1.807) is 6.07 Å². The van der Waals surface area contributed by atoms with Crippen LogP contribution < -0.4 is 5.32 Å². The highest BCUT2D eigenvalue weighted by atomic mass is 19.1. The topological polar surface area (TPSA) is 32.3 Å². The van der Waals surface area contributed by atoms with Crippen LogP contribution in [0.2, 0.25) is 0 Å². The zero-order valence-electron chi connectivity index (χ0n) is 11.2. The molecule has 1 amide bonds. The van der Waals surface area contributed by atoms with Gasteiger partial charge in [-0.2, -0.15) is 0 Å². The smallest absolute Gasteiger partial charge is 0.255 e. The van der Waals surface area contributed by atoms with Crippen LogP contribution in [-0.4, -0.2) is 17.9 Å². The van der Waals surface area contributed by atoms with E-state index < -0.39 is 5.82 Å². The van der Waals surface area contributed by atoms with E-state index in [2.05, 4.69) is 17.3 Å². The number of hydrogen-bond acceptors (Lipinski definition) is 2. The number of rotatable bonds is 2. The van der Waals surface area contributed by atoms with Crippen LogP contribution in [-0.2, 0) is 13.1 Å². The molecule has 0 unspecified atom stereocenters. The summed E-state index contributed by atoms with van der Waals surface area (Å²) in [6, 6.07) is 11.6. The van der Waals surface area contributed by atoms with Gasteiger partial charge in [-0.25, -0.2) is 4.39 Å². The maximum Gasteiger partial charge on any atom is 0.255 e. The lowest BCUT2D eigenvalue weighted by molar-refractivity contribution is 0.102. The van der Waals surface area contributed by atoms with Gasteiger partial charge in [-0.15, -0.1) is 0 Å². The molecule has 2 aromatic rings. The zero-order chi connectivity index (χ0) is 14.1. The fourth-order valence-electron chi connectivity index (χ4n) is 2.48. The molecule has 0 spiro atoms. The molecule has 0 radical (unpaired) electrons. The highest BCUT2D eigenvalue weighted by Crippen LogP contribution is 2.24. The van der Waals surface area contributed by atoms with E-state index >= 15 is 0 Å². The van der Waals surface area contributed by atoms with Crippen molar-refractivity contribution in [3.05, 3.63) is 65.0 Å². The highest BCUT2D eigenvalue weighted by molar-refractivity contribution is 6.04. The summed E-state index contributed by atoms with van der Waals surface area (Å²) in [5, 5.41) is 2.81. The molecule has 1 aliphatic heterocycles. The van der Waals surface area contributed by atoms with Crippen molar-refractivity contribution in [2.45, 2.75) is 13.1 Å². The first-order valence-corrected chi connectivity index (χ1v) is 6.49. The van der Waals surface area contributed by atoms with E-state index in [1.807, 2.05) is 18.2 Å². The number of carbonyl (C=O) groups excluding carboxylic acids is 1. The Morgan fingerprint density at radius 3 is 2.75 bits per heavy atom. The molecule has 2 aromatic carbocycles. The van der Waals surface area contributed by atoms with Crippen molar-refractivity contribution in [1.29, 1.82) is 0 Å². The number of halogens is 1. The Bertz CT molecular complexity index is 669. The second-order valence-corrected chi connectivity index (χ2v) is 5.12. The summed E-state index contributed by atoms with van der Waals surface area (Å²) >= 11 is 0. The van der Waals surface area contributed by atoms with Crippen molar-refractivity contribution in [2.75, 3.05) is 12.4 Å². The molecule has 0 aromatic heterocycles. The molecule has 1 aliphatic rings. The molecule has 4 heteroatoms. The van der Waals surface area contributed by atoms with E-state index in [0.29, 0.717) is 5.56 Å². The van der Waals surface area contributed by atoms with E-state index in [0.717, 1.165) is 18.8 Å². The maximum absolute atomic E-state index is 13.1. The van der Waals surface area contributed by atoms with Crippen molar-refractivity contribution in [1.82, 2.24) is 4.90 Å². The van der Waals surface area contributed by atoms with Gasteiger partial charge in [-0.05, 0) is 48.5 Å². The molecule has 20 heavy (non-hydrogen) atoms. The Morgan fingerprint density at radius 1 is 1.15 bits per heavy atom. The molecule has 1 N–H and O–H groups in total. The molecule has 0 aliphatic carbocycles. The van der Waals surface area contributed by atoms with Crippen molar-refractivity contribution in [3.8, 4) is 0 Å². The first-order chi connectivity index (χ1) is 9.61. The minimum absolute atomic E-state index is 0.296. The highest BCUT2D eigenvalue weighted by Gasteiger charge is 2.16. The number of anilines is 1. The van der Waals surface area contributed by atoms with Gasteiger partial charge in [-0.1, -0.05) is 12.1 Å². The van der Waals surface area contributed by atoms with E-state index in [4.69, 9.17) is 0 Å². The van der Waals surface area contributed by atoms with Gasteiger partial charge in [0.25, 0.3) is 5.91 Å². The lowest BCUT2D eigenvalue weighted by Crippen LogP contribution is -2.12. The molecule has 3 rings (SSSR count). The predicted molar refractivity (Wildman–Crippen MR) is 76.0 cm³/mol. The molecule has 0 atom stereocenters. The van der Waals surface area contributed by atoms with Crippen molar-refractivity contribution < 1.29 is 9.18 Å². The van der Waals surface area contributed by atoms with Crippen LogP contribution in [0.15, 0.2) is 42.5 Å². The third kappa shape index (κ3) is 2.56. The summed E-state index contributed by atoms with van der Waals surface area (Å²) < 4.78 is 13.1. The van der Waals surface area contributed by atoms with Crippen LogP contribution in [0.4, 0.5) is 10.1 Å². The van der Waals surface area contributed by atoms with E-state index in [1.165, 1.54) is 29.3 Å². The van der Waals surface area contributed by atoms with Gasteiger partial charge in [0.2, 0.25) is 0 Å². The van der Waals surface area contributed by atoms with Crippen LogP contribution in [0.5, 0.6) is 0 Å². The predicted octanol–water partition coefficient (Wildman–Crippen LogP) is 3.02. The van der Waals surface area contributed by atoms with Gasteiger partial charge in [0.05, 0.1) is 0 Å². The number of fused-ring (bicyclic) bond motifs is 1. The number of nitrogens with one attached hydrogen (secondary N) is 1. The molecular weight excluding hydrogens is 255 g/mol. The Hall–Kier alpha value is -2.20. The summed E-state index contributed by atoms with van der Waals surface area (Å²) in [5.41, 5.74) is 3.58. The van der Waals surface area contributed by atoms with Crippen molar-refractivity contribution in [3.63, 3.8) is 0 Å². The second-order valence-electron chi connectivity index (χ2n) is 5.12. The number of nitrogens with zero attached hydrogens (tertiary/aromatic N) is 1. The Balaban J connectivity index is 1.79. The summed E-state index contributed by atoms with van der Waals surface area (Å²) in [5.74, 6) is -0.705. The van der Waals surface area contributed by atoms with Gasteiger partial charge in [-0.3, -0.25) is 9.69 Å². The van der Waals surface area contributed by atoms with Gasteiger partial charge >= 0.3 is 0 Å². The summed E-state index contributed by atoms with van der Waals surface area (Å²) in [6.45, 7) is 1.83. The average molecular weight is 270 g/mol. The maximum atomic E-state index is 13.1. The van der Waals surface area contributed by atoms with Crippen LogP contribution >= 0.6 is 0 Å². The fourth-order valence-corrected chi connectivity index (χ4v) is 2.48. The average Bonchev–Trinajstić information content (AvgIpc) is 2.78. The Labute approximate surface area is 117 Å².